The van der Waals surface area contributed by atoms with Gasteiger partial charge in [0.05, 0.1) is 32.0 Å². The Hall–Kier alpha value is -4.00. The highest BCUT2D eigenvalue weighted by Crippen LogP contribution is 2.31. The number of nitrogens with one attached hydrogen (secondary N) is 1. The number of fused-ring (bicyclic) bond motifs is 1. The minimum atomic E-state index is -0.180. The maximum Gasteiger partial charge on any atom is 0.227 e. The second kappa shape index (κ2) is 9.01. The summed E-state index contributed by atoms with van der Waals surface area (Å²) in [5.41, 5.74) is 2.87. The number of nitrogens with zero attached hydrogens (tertiary/aromatic N) is 2. The van der Waals surface area contributed by atoms with Crippen LogP contribution in [0.3, 0.4) is 0 Å². The first-order chi connectivity index (χ1) is 15.5. The zero-order valence-electron chi connectivity index (χ0n) is 18.5. The fourth-order valence-electron chi connectivity index (χ4n) is 3.64. The molecule has 2 aromatic carbocycles. The van der Waals surface area contributed by atoms with Crippen LogP contribution in [0.4, 0.5) is 11.5 Å². The molecule has 7 heteroatoms. The standard InChI is InChI=1S/C25H25N3O4/c1-5-32-25-24-21(12-16(2)26-25)28(18-9-7-11-20(14-18)31-4)23(15-22(24)29)27-17-8-6-10-19(13-17)30-3/h6-15,27H,5H2,1-4H3. The first-order valence-corrected chi connectivity index (χ1v) is 10.3. The zero-order valence-corrected chi connectivity index (χ0v) is 18.5. The molecule has 0 saturated heterocycles. The van der Waals surface area contributed by atoms with Gasteiger partial charge in [-0.15, -0.1) is 0 Å². The largest absolute Gasteiger partial charge is 0.497 e. The van der Waals surface area contributed by atoms with Crippen LogP contribution < -0.4 is 25.0 Å². The van der Waals surface area contributed by atoms with Crippen molar-refractivity contribution in [3.63, 3.8) is 0 Å². The molecule has 0 atom stereocenters. The summed E-state index contributed by atoms with van der Waals surface area (Å²) in [6, 6.07) is 18.6. The van der Waals surface area contributed by atoms with E-state index in [0.717, 1.165) is 17.1 Å². The molecule has 1 N–H and O–H groups in total. The molecular weight excluding hydrogens is 406 g/mol. The van der Waals surface area contributed by atoms with Crippen molar-refractivity contribution in [3.05, 3.63) is 76.6 Å². The molecule has 7 nitrogen and oxygen atoms in total. The summed E-state index contributed by atoms with van der Waals surface area (Å²) in [6.07, 6.45) is 0. The van der Waals surface area contributed by atoms with Crippen molar-refractivity contribution in [1.82, 2.24) is 9.55 Å². The highest BCUT2D eigenvalue weighted by molar-refractivity contribution is 5.88. The van der Waals surface area contributed by atoms with Gasteiger partial charge >= 0.3 is 0 Å². The summed E-state index contributed by atoms with van der Waals surface area (Å²) in [5.74, 6) is 2.34. The van der Waals surface area contributed by atoms with Gasteiger partial charge in [0, 0.05) is 29.6 Å². The number of hydrogen-bond donors (Lipinski definition) is 1. The lowest BCUT2D eigenvalue weighted by Crippen LogP contribution is -2.15. The SMILES string of the molecule is CCOc1nc(C)cc2c1c(=O)cc(Nc1cccc(OC)c1)n2-c1cccc(OC)c1. The summed E-state index contributed by atoms with van der Waals surface area (Å²) in [5, 5.41) is 3.80. The van der Waals surface area contributed by atoms with E-state index in [4.69, 9.17) is 14.2 Å². The highest BCUT2D eigenvalue weighted by atomic mass is 16.5. The monoisotopic (exact) mass is 431 g/mol. The Morgan fingerprint density at radius 1 is 0.969 bits per heavy atom. The molecular formula is C25H25N3O4. The van der Waals surface area contributed by atoms with Crippen molar-refractivity contribution in [2.24, 2.45) is 0 Å². The predicted molar refractivity (Wildman–Crippen MR) is 126 cm³/mol. The van der Waals surface area contributed by atoms with Crippen LogP contribution in [-0.4, -0.2) is 30.4 Å². The smallest absolute Gasteiger partial charge is 0.227 e. The lowest BCUT2D eigenvalue weighted by atomic mass is 10.2. The topological polar surface area (TPSA) is 74.6 Å². The van der Waals surface area contributed by atoms with Gasteiger partial charge in [-0.1, -0.05) is 12.1 Å². The third-order valence-corrected chi connectivity index (χ3v) is 5.02. The number of pyridine rings is 2. The van der Waals surface area contributed by atoms with E-state index in [1.54, 1.807) is 20.3 Å². The maximum absolute atomic E-state index is 13.2. The number of benzene rings is 2. The number of aryl methyl sites for hydroxylation is 1. The normalized spacial score (nSPS) is 10.8. The van der Waals surface area contributed by atoms with Crippen molar-refractivity contribution in [2.45, 2.75) is 13.8 Å². The molecule has 0 amide bonds. The molecule has 0 spiro atoms. The molecule has 0 unspecified atom stereocenters. The van der Waals surface area contributed by atoms with Crippen LogP contribution in [0.1, 0.15) is 12.6 Å². The first-order valence-electron chi connectivity index (χ1n) is 10.3. The third kappa shape index (κ3) is 4.09. The van der Waals surface area contributed by atoms with Gasteiger partial charge in [-0.3, -0.25) is 9.36 Å². The Kier molecular flexibility index (Phi) is 5.98. The van der Waals surface area contributed by atoms with Gasteiger partial charge in [-0.05, 0) is 44.2 Å². The molecule has 0 saturated carbocycles. The minimum absolute atomic E-state index is 0.180. The van der Waals surface area contributed by atoms with E-state index in [1.165, 1.54) is 0 Å². The molecule has 4 rings (SSSR count). The molecule has 0 aliphatic heterocycles. The van der Waals surface area contributed by atoms with Gasteiger partial charge in [0.15, 0.2) is 5.43 Å². The van der Waals surface area contributed by atoms with E-state index in [2.05, 4.69) is 10.3 Å². The minimum Gasteiger partial charge on any atom is -0.497 e. The average molecular weight is 431 g/mol. The Balaban J connectivity index is 2.03. The number of methoxy groups -OCH3 is 2. The van der Waals surface area contributed by atoms with E-state index in [-0.39, 0.29) is 5.43 Å². The second-order valence-corrected chi connectivity index (χ2v) is 7.18. The second-order valence-electron chi connectivity index (χ2n) is 7.18. The number of rotatable bonds is 7. The van der Waals surface area contributed by atoms with Crippen molar-refractivity contribution in [3.8, 4) is 23.1 Å². The van der Waals surface area contributed by atoms with Crippen LogP contribution in [0.2, 0.25) is 0 Å². The van der Waals surface area contributed by atoms with E-state index in [9.17, 15) is 4.79 Å². The van der Waals surface area contributed by atoms with Crippen LogP contribution in [0.5, 0.6) is 17.4 Å². The Morgan fingerprint density at radius 3 is 2.41 bits per heavy atom. The Morgan fingerprint density at radius 2 is 1.69 bits per heavy atom. The number of aromatic nitrogens is 2. The van der Waals surface area contributed by atoms with Gasteiger partial charge in [-0.2, -0.15) is 0 Å². The summed E-state index contributed by atoms with van der Waals surface area (Å²) < 4.78 is 18.5. The fraction of sp³-hybridized carbons (Fsp3) is 0.200. The van der Waals surface area contributed by atoms with Crippen molar-refractivity contribution in [2.75, 3.05) is 26.1 Å². The van der Waals surface area contributed by atoms with E-state index >= 15 is 0 Å². The van der Waals surface area contributed by atoms with E-state index in [1.807, 2.05) is 73.0 Å². The summed E-state index contributed by atoms with van der Waals surface area (Å²) in [7, 11) is 3.24. The molecule has 0 radical (unpaired) electrons. The lowest BCUT2D eigenvalue weighted by Gasteiger charge is -2.20. The Labute approximate surface area is 186 Å². The molecule has 0 fully saturated rings. The van der Waals surface area contributed by atoms with Crippen molar-refractivity contribution >= 4 is 22.4 Å². The van der Waals surface area contributed by atoms with Crippen molar-refractivity contribution in [1.29, 1.82) is 0 Å². The maximum atomic E-state index is 13.2. The summed E-state index contributed by atoms with van der Waals surface area (Å²) in [4.78, 5) is 17.7. The van der Waals surface area contributed by atoms with Crippen molar-refractivity contribution < 1.29 is 14.2 Å². The van der Waals surface area contributed by atoms with Gasteiger partial charge in [0.25, 0.3) is 0 Å². The molecule has 0 aliphatic carbocycles. The quantitative estimate of drug-likeness (QED) is 0.451. The van der Waals surface area contributed by atoms with E-state index < -0.39 is 0 Å². The van der Waals surface area contributed by atoms with Gasteiger partial charge in [0.2, 0.25) is 5.88 Å². The van der Waals surface area contributed by atoms with Crippen LogP contribution in [0.25, 0.3) is 16.6 Å². The third-order valence-electron chi connectivity index (χ3n) is 5.02. The molecule has 32 heavy (non-hydrogen) atoms. The fourth-order valence-corrected chi connectivity index (χ4v) is 3.64. The predicted octanol–water partition coefficient (Wildman–Crippen LogP) is 4.85. The number of ether oxygens (including phenoxy) is 3. The number of anilines is 2. The van der Waals surface area contributed by atoms with Gasteiger partial charge in [0.1, 0.15) is 22.7 Å². The van der Waals surface area contributed by atoms with E-state index in [0.29, 0.717) is 40.7 Å². The van der Waals surface area contributed by atoms with Crippen LogP contribution in [0.15, 0.2) is 65.5 Å². The van der Waals surface area contributed by atoms with Crippen LogP contribution in [-0.2, 0) is 0 Å². The van der Waals surface area contributed by atoms with Gasteiger partial charge < -0.3 is 19.5 Å². The first kappa shape index (κ1) is 21.2. The summed E-state index contributed by atoms with van der Waals surface area (Å²) in [6.45, 7) is 4.16. The number of hydrogen-bond acceptors (Lipinski definition) is 6. The zero-order chi connectivity index (χ0) is 22.7. The highest BCUT2D eigenvalue weighted by Gasteiger charge is 2.17. The summed E-state index contributed by atoms with van der Waals surface area (Å²) >= 11 is 0. The molecule has 0 bridgehead atoms. The van der Waals surface area contributed by atoms with Crippen LogP contribution >= 0.6 is 0 Å². The molecule has 2 heterocycles. The molecule has 0 aliphatic rings. The van der Waals surface area contributed by atoms with Crippen LogP contribution in [0, 0.1) is 6.92 Å². The van der Waals surface area contributed by atoms with Gasteiger partial charge in [-0.25, -0.2) is 4.98 Å². The molecule has 4 aromatic rings. The average Bonchev–Trinajstić information content (AvgIpc) is 2.79. The molecule has 164 valence electrons. The Bertz CT molecular complexity index is 1330. The lowest BCUT2D eigenvalue weighted by molar-refractivity contribution is 0.330. The molecule has 2 aromatic heterocycles.